The first-order chi connectivity index (χ1) is 11.6. The van der Waals surface area contributed by atoms with E-state index in [9.17, 15) is 4.79 Å². The first kappa shape index (κ1) is 18.4. The highest BCUT2D eigenvalue weighted by molar-refractivity contribution is 6.35. The molecule has 0 radical (unpaired) electrons. The molecule has 1 amide bonds. The van der Waals surface area contributed by atoms with Crippen LogP contribution in [0.2, 0.25) is 10.0 Å². The van der Waals surface area contributed by atoms with Crippen molar-refractivity contribution in [2.24, 2.45) is 0 Å². The Morgan fingerprint density at radius 1 is 1.21 bits per heavy atom. The van der Waals surface area contributed by atoms with Crippen LogP contribution in [-0.4, -0.2) is 42.7 Å². The molecule has 128 valence electrons. The first-order valence-corrected chi connectivity index (χ1v) is 8.12. The summed E-state index contributed by atoms with van der Waals surface area (Å²) in [6.45, 7) is 1.51. The van der Waals surface area contributed by atoms with E-state index in [2.05, 4.69) is 20.6 Å². The van der Waals surface area contributed by atoms with Crippen molar-refractivity contribution in [3.63, 3.8) is 0 Å². The molecule has 0 spiro atoms. The summed E-state index contributed by atoms with van der Waals surface area (Å²) in [5, 5.41) is 7.07. The molecule has 2 aromatic rings. The lowest BCUT2D eigenvalue weighted by Crippen LogP contribution is -2.27. The minimum atomic E-state index is -0.279. The fourth-order valence-electron chi connectivity index (χ4n) is 1.94. The number of benzene rings is 1. The third-order valence-electron chi connectivity index (χ3n) is 3.19. The van der Waals surface area contributed by atoms with Gasteiger partial charge in [0.2, 0.25) is 0 Å². The molecule has 1 aromatic heterocycles. The highest BCUT2D eigenvalue weighted by atomic mass is 35.5. The molecule has 0 aliphatic rings. The fraction of sp³-hybridized carbons (Fsp3) is 0.312. The second kappa shape index (κ2) is 9.42. The molecule has 0 aliphatic heterocycles. The summed E-state index contributed by atoms with van der Waals surface area (Å²) in [6, 6.07) is 5.42. The van der Waals surface area contributed by atoms with Crippen LogP contribution in [0.15, 0.2) is 30.6 Å². The van der Waals surface area contributed by atoms with E-state index in [-0.39, 0.29) is 11.6 Å². The van der Waals surface area contributed by atoms with Crippen LogP contribution >= 0.6 is 23.2 Å². The second-order valence-corrected chi connectivity index (χ2v) is 5.79. The lowest BCUT2D eigenvalue weighted by molar-refractivity contribution is 0.0932. The zero-order valence-electron chi connectivity index (χ0n) is 13.2. The van der Waals surface area contributed by atoms with Crippen molar-refractivity contribution in [1.82, 2.24) is 15.3 Å². The Bertz CT molecular complexity index is 680. The largest absolute Gasteiger partial charge is 0.383 e. The van der Waals surface area contributed by atoms with Crippen molar-refractivity contribution in [2.75, 3.05) is 32.1 Å². The molecular weight excluding hydrogens is 351 g/mol. The molecule has 0 bridgehead atoms. The number of hydrogen-bond acceptors (Lipinski definition) is 5. The van der Waals surface area contributed by atoms with Gasteiger partial charge in [-0.3, -0.25) is 4.79 Å². The van der Waals surface area contributed by atoms with Crippen molar-refractivity contribution in [3.8, 4) is 0 Å². The van der Waals surface area contributed by atoms with Crippen molar-refractivity contribution >= 4 is 34.9 Å². The van der Waals surface area contributed by atoms with Gasteiger partial charge in [0.25, 0.3) is 5.91 Å². The van der Waals surface area contributed by atoms with Gasteiger partial charge in [-0.25, -0.2) is 9.97 Å². The zero-order chi connectivity index (χ0) is 17.4. The highest BCUT2D eigenvalue weighted by Crippen LogP contribution is 2.21. The van der Waals surface area contributed by atoms with Gasteiger partial charge >= 0.3 is 0 Å². The van der Waals surface area contributed by atoms with E-state index in [1.165, 1.54) is 12.4 Å². The quantitative estimate of drug-likeness (QED) is 0.700. The van der Waals surface area contributed by atoms with Crippen LogP contribution in [0, 0.1) is 0 Å². The van der Waals surface area contributed by atoms with Gasteiger partial charge in [-0.1, -0.05) is 29.3 Å². The Kier molecular flexibility index (Phi) is 7.24. The van der Waals surface area contributed by atoms with Crippen LogP contribution in [0.3, 0.4) is 0 Å². The predicted molar refractivity (Wildman–Crippen MR) is 94.9 cm³/mol. The standard InChI is InChI=1S/C16H18Cl2N4O2/c1-24-7-6-20-16(23)14-9-22-15(10-21-14)19-5-4-11-2-3-12(17)8-13(11)18/h2-3,8-10H,4-7H2,1H3,(H,19,22)(H,20,23). The topological polar surface area (TPSA) is 76.1 Å². The maximum atomic E-state index is 11.8. The fourth-order valence-corrected chi connectivity index (χ4v) is 2.45. The number of nitrogens with one attached hydrogen (secondary N) is 2. The smallest absolute Gasteiger partial charge is 0.271 e. The third kappa shape index (κ3) is 5.63. The number of halogens is 2. The SMILES string of the molecule is COCCNC(=O)c1cnc(NCCc2ccc(Cl)cc2Cl)cn1. The van der Waals surface area contributed by atoms with Crippen molar-refractivity contribution in [2.45, 2.75) is 6.42 Å². The summed E-state index contributed by atoms with van der Waals surface area (Å²) < 4.78 is 4.87. The molecule has 6 nitrogen and oxygen atoms in total. The molecule has 8 heteroatoms. The number of rotatable bonds is 8. The summed E-state index contributed by atoms with van der Waals surface area (Å²) in [5.41, 5.74) is 1.26. The zero-order valence-corrected chi connectivity index (χ0v) is 14.7. The van der Waals surface area contributed by atoms with Gasteiger partial charge in [-0.05, 0) is 24.1 Å². The number of hydrogen-bond donors (Lipinski definition) is 2. The normalized spacial score (nSPS) is 10.5. The average Bonchev–Trinajstić information content (AvgIpc) is 2.57. The van der Waals surface area contributed by atoms with Crippen LogP contribution in [0.5, 0.6) is 0 Å². The first-order valence-electron chi connectivity index (χ1n) is 7.37. The van der Waals surface area contributed by atoms with Crippen molar-refractivity contribution in [3.05, 3.63) is 51.9 Å². The molecular formula is C16H18Cl2N4O2. The number of nitrogens with zero attached hydrogens (tertiary/aromatic N) is 2. The molecule has 1 aromatic carbocycles. The molecule has 2 N–H and O–H groups in total. The molecule has 0 saturated heterocycles. The molecule has 0 atom stereocenters. The molecule has 0 saturated carbocycles. The van der Waals surface area contributed by atoms with Crippen LogP contribution in [-0.2, 0) is 11.2 Å². The predicted octanol–water partition coefficient (Wildman–Crippen LogP) is 2.81. The van der Waals surface area contributed by atoms with Gasteiger partial charge in [0.1, 0.15) is 11.5 Å². The maximum absolute atomic E-state index is 11.8. The van der Waals surface area contributed by atoms with Gasteiger partial charge in [-0.2, -0.15) is 0 Å². The van der Waals surface area contributed by atoms with Gasteiger partial charge in [0, 0.05) is 30.2 Å². The summed E-state index contributed by atoms with van der Waals surface area (Å²) >= 11 is 12.0. The van der Waals surface area contributed by atoms with Gasteiger partial charge < -0.3 is 15.4 Å². The van der Waals surface area contributed by atoms with Crippen molar-refractivity contribution < 1.29 is 9.53 Å². The van der Waals surface area contributed by atoms with Gasteiger partial charge in [0.05, 0.1) is 19.0 Å². The lowest BCUT2D eigenvalue weighted by atomic mass is 10.1. The van der Waals surface area contributed by atoms with Crippen LogP contribution in [0.25, 0.3) is 0 Å². The second-order valence-electron chi connectivity index (χ2n) is 4.95. The Balaban J connectivity index is 1.82. The monoisotopic (exact) mass is 368 g/mol. The summed E-state index contributed by atoms with van der Waals surface area (Å²) in [6.07, 6.45) is 3.67. The molecule has 1 heterocycles. The minimum Gasteiger partial charge on any atom is -0.383 e. The maximum Gasteiger partial charge on any atom is 0.271 e. The van der Waals surface area contributed by atoms with E-state index in [4.69, 9.17) is 27.9 Å². The van der Waals surface area contributed by atoms with E-state index < -0.39 is 0 Å². The Hall–Kier alpha value is -1.89. The number of ether oxygens (including phenoxy) is 1. The van der Waals surface area contributed by atoms with E-state index in [0.29, 0.717) is 35.6 Å². The minimum absolute atomic E-state index is 0.261. The number of carbonyl (C=O) groups excluding carboxylic acids is 1. The summed E-state index contributed by atoms with van der Waals surface area (Å²) in [4.78, 5) is 20.0. The van der Waals surface area contributed by atoms with E-state index >= 15 is 0 Å². The van der Waals surface area contributed by atoms with E-state index in [0.717, 1.165) is 12.0 Å². The molecule has 0 fully saturated rings. The van der Waals surface area contributed by atoms with Crippen LogP contribution in [0.1, 0.15) is 16.1 Å². The Morgan fingerprint density at radius 2 is 2.04 bits per heavy atom. The molecule has 0 unspecified atom stereocenters. The van der Waals surface area contributed by atoms with Crippen molar-refractivity contribution in [1.29, 1.82) is 0 Å². The lowest BCUT2D eigenvalue weighted by Gasteiger charge is -2.08. The van der Waals surface area contributed by atoms with Gasteiger partial charge in [-0.15, -0.1) is 0 Å². The molecule has 0 aliphatic carbocycles. The third-order valence-corrected chi connectivity index (χ3v) is 3.78. The number of aromatic nitrogens is 2. The number of methoxy groups -OCH3 is 1. The van der Waals surface area contributed by atoms with Crippen LogP contribution in [0.4, 0.5) is 5.82 Å². The van der Waals surface area contributed by atoms with Crippen LogP contribution < -0.4 is 10.6 Å². The number of carbonyl (C=O) groups is 1. The Labute approximate surface area is 150 Å². The molecule has 2 rings (SSSR count). The number of anilines is 1. The summed E-state index contributed by atoms with van der Waals surface area (Å²) in [5.74, 6) is 0.313. The molecule has 24 heavy (non-hydrogen) atoms. The summed E-state index contributed by atoms with van der Waals surface area (Å²) in [7, 11) is 1.57. The highest BCUT2D eigenvalue weighted by Gasteiger charge is 2.07. The van der Waals surface area contributed by atoms with E-state index in [1.807, 2.05) is 6.07 Å². The average molecular weight is 369 g/mol. The Morgan fingerprint density at radius 3 is 2.71 bits per heavy atom. The van der Waals surface area contributed by atoms with E-state index in [1.54, 1.807) is 19.2 Å². The number of amides is 1. The van der Waals surface area contributed by atoms with Gasteiger partial charge in [0.15, 0.2) is 0 Å².